The summed E-state index contributed by atoms with van der Waals surface area (Å²) >= 11 is 0. The number of nitrogen functional groups attached to an aromatic ring is 1. The molecule has 1 heterocycles. The second-order valence-corrected chi connectivity index (χ2v) is 5.19. The summed E-state index contributed by atoms with van der Waals surface area (Å²) in [5.41, 5.74) is 10.2. The van der Waals surface area contributed by atoms with Crippen LogP contribution in [0.25, 0.3) is 0 Å². The SMILES string of the molecule is Cc1ccc(C#N)cc1Nc1c(N)c(C(C)C)nn1C. The average Bonchev–Trinajstić information content (AvgIpc) is 2.69. The number of aromatic nitrogens is 2. The van der Waals surface area contributed by atoms with Gasteiger partial charge in [-0.15, -0.1) is 0 Å². The van der Waals surface area contributed by atoms with E-state index in [4.69, 9.17) is 11.0 Å². The summed E-state index contributed by atoms with van der Waals surface area (Å²) in [5, 5.41) is 16.7. The molecule has 3 N–H and O–H groups in total. The predicted molar refractivity (Wildman–Crippen MR) is 80.9 cm³/mol. The van der Waals surface area contributed by atoms with Gasteiger partial charge in [0.05, 0.1) is 23.0 Å². The number of aryl methyl sites for hydroxylation is 2. The molecule has 0 fully saturated rings. The van der Waals surface area contributed by atoms with Crippen LogP contribution in [0.4, 0.5) is 17.2 Å². The number of nitrogens with two attached hydrogens (primary N) is 1. The quantitative estimate of drug-likeness (QED) is 0.897. The van der Waals surface area contributed by atoms with Gasteiger partial charge in [0.2, 0.25) is 0 Å². The van der Waals surface area contributed by atoms with Crippen molar-refractivity contribution >= 4 is 17.2 Å². The van der Waals surface area contributed by atoms with Gasteiger partial charge >= 0.3 is 0 Å². The van der Waals surface area contributed by atoms with Gasteiger partial charge in [0.1, 0.15) is 0 Å². The number of nitrogens with zero attached hydrogens (tertiary/aromatic N) is 3. The highest BCUT2D eigenvalue weighted by molar-refractivity contribution is 5.73. The van der Waals surface area contributed by atoms with Gasteiger partial charge in [0, 0.05) is 12.7 Å². The first-order valence-corrected chi connectivity index (χ1v) is 6.54. The zero-order valence-electron chi connectivity index (χ0n) is 12.2. The highest BCUT2D eigenvalue weighted by Gasteiger charge is 2.16. The maximum Gasteiger partial charge on any atom is 0.152 e. The largest absolute Gasteiger partial charge is 0.394 e. The first-order chi connectivity index (χ1) is 9.43. The summed E-state index contributed by atoms with van der Waals surface area (Å²) in [4.78, 5) is 0. The third-order valence-corrected chi connectivity index (χ3v) is 3.28. The third-order valence-electron chi connectivity index (χ3n) is 3.28. The third kappa shape index (κ3) is 2.45. The van der Waals surface area contributed by atoms with Crippen molar-refractivity contribution in [2.24, 2.45) is 7.05 Å². The Balaban J connectivity index is 2.43. The number of nitrogens with one attached hydrogen (secondary N) is 1. The van der Waals surface area contributed by atoms with Crippen LogP contribution < -0.4 is 11.1 Å². The normalized spacial score (nSPS) is 10.6. The zero-order valence-corrected chi connectivity index (χ0v) is 12.2. The van der Waals surface area contributed by atoms with Crippen molar-refractivity contribution in [3.8, 4) is 6.07 Å². The lowest BCUT2D eigenvalue weighted by atomic mass is 10.1. The Hall–Kier alpha value is -2.48. The molecule has 0 unspecified atom stereocenters. The topological polar surface area (TPSA) is 79.7 Å². The molecule has 1 aromatic carbocycles. The van der Waals surface area contributed by atoms with Gasteiger partial charge in [-0.3, -0.25) is 4.68 Å². The molecule has 0 amide bonds. The first kappa shape index (κ1) is 13.9. The molecule has 0 radical (unpaired) electrons. The summed E-state index contributed by atoms with van der Waals surface area (Å²) in [5.74, 6) is 1.02. The monoisotopic (exact) mass is 269 g/mol. The Kier molecular flexibility index (Phi) is 3.66. The van der Waals surface area contributed by atoms with Crippen LogP contribution in [0, 0.1) is 18.3 Å². The maximum absolute atomic E-state index is 8.99. The van der Waals surface area contributed by atoms with E-state index in [1.165, 1.54) is 0 Å². The molecule has 2 aromatic rings. The number of nitriles is 1. The number of hydrogen-bond donors (Lipinski definition) is 2. The Morgan fingerprint density at radius 3 is 2.65 bits per heavy atom. The molecule has 1 aromatic heterocycles. The molecule has 5 heteroatoms. The van der Waals surface area contributed by atoms with Crippen molar-refractivity contribution < 1.29 is 0 Å². The maximum atomic E-state index is 8.99. The van der Waals surface area contributed by atoms with Crippen molar-refractivity contribution in [3.05, 3.63) is 35.0 Å². The Morgan fingerprint density at radius 2 is 2.10 bits per heavy atom. The van der Waals surface area contributed by atoms with Crippen LogP contribution >= 0.6 is 0 Å². The van der Waals surface area contributed by atoms with E-state index < -0.39 is 0 Å². The molecule has 20 heavy (non-hydrogen) atoms. The van der Waals surface area contributed by atoms with Crippen LogP contribution in [0.15, 0.2) is 18.2 Å². The minimum atomic E-state index is 0.267. The van der Waals surface area contributed by atoms with Crippen molar-refractivity contribution in [2.45, 2.75) is 26.7 Å². The van der Waals surface area contributed by atoms with Gasteiger partial charge in [-0.25, -0.2) is 0 Å². The van der Waals surface area contributed by atoms with E-state index in [9.17, 15) is 0 Å². The van der Waals surface area contributed by atoms with Gasteiger partial charge in [-0.2, -0.15) is 10.4 Å². The molecule has 0 aliphatic rings. The van der Waals surface area contributed by atoms with Crippen molar-refractivity contribution in [1.29, 1.82) is 5.26 Å². The van der Waals surface area contributed by atoms with Gasteiger partial charge in [-0.05, 0) is 30.5 Å². The molecule has 5 nitrogen and oxygen atoms in total. The lowest BCUT2D eigenvalue weighted by molar-refractivity contribution is 0.718. The van der Waals surface area contributed by atoms with Crippen LogP contribution in [0.5, 0.6) is 0 Å². The standard InChI is InChI=1S/C15H19N5/c1-9(2)14-13(17)15(20(4)19-14)18-12-7-11(8-16)6-5-10(12)3/h5-7,9,18H,17H2,1-4H3. The number of anilines is 3. The average molecular weight is 269 g/mol. The predicted octanol–water partition coefficient (Wildman–Crippen LogP) is 3.05. The lowest BCUT2D eigenvalue weighted by Crippen LogP contribution is -2.02. The van der Waals surface area contributed by atoms with E-state index in [0.29, 0.717) is 11.3 Å². The van der Waals surface area contributed by atoms with Crippen LogP contribution in [0.3, 0.4) is 0 Å². The summed E-state index contributed by atoms with van der Waals surface area (Å²) in [7, 11) is 1.86. The lowest BCUT2D eigenvalue weighted by Gasteiger charge is -2.11. The summed E-state index contributed by atoms with van der Waals surface area (Å²) in [6.45, 7) is 6.10. The van der Waals surface area contributed by atoms with Gasteiger partial charge in [0.15, 0.2) is 5.82 Å². The Labute approximate surface area is 119 Å². The van der Waals surface area contributed by atoms with Crippen molar-refractivity contribution in [2.75, 3.05) is 11.1 Å². The molecular formula is C15H19N5. The fraction of sp³-hybridized carbons (Fsp3) is 0.333. The Morgan fingerprint density at radius 1 is 1.40 bits per heavy atom. The van der Waals surface area contributed by atoms with Crippen molar-refractivity contribution in [3.63, 3.8) is 0 Å². The van der Waals surface area contributed by atoms with Crippen molar-refractivity contribution in [1.82, 2.24) is 9.78 Å². The van der Waals surface area contributed by atoms with E-state index in [-0.39, 0.29) is 5.92 Å². The van der Waals surface area contributed by atoms with Gasteiger partial charge in [0.25, 0.3) is 0 Å². The first-order valence-electron chi connectivity index (χ1n) is 6.54. The fourth-order valence-electron chi connectivity index (χ4n) is 2.09. The minimum Gasteiger partial charge on any atom is -0.394 e. The molecule has 0 atom stereocenters. The second-order valence-electron chi connectivity index (χ2n) is 5.19. The smallest absolute Gasteiger partial charge is 0.152 e. The molecule has 104 valence electrons. The van der Waals surface area contributed by atoms with Crippen LogP contribution in [0.1, 0.15) is 36.6 Å². The van der Waals surface area contributed by atoms with E-state index in [2.05, 4.69) is 30.3 Å². The van der Waals surface area contributed by atoms with Crippen LogP contribution in [-0.2, 0) is 7.05 Å². The fourth-order valence-corrected chi connectivity index (χ4v) is 2.09. The molecule has 0 aliphatic carbocycles. The second kappa shape index (κ2) is 5.25. The van der Waals surface area contributed by atoms with E-state index in [1.54, 1.807) is 10.7 Å². The zero-order chi connectivity index (χ0) is 14.9. The van der Waals surface area contributed by atoms with Gasteiger partial charge in [-0.1, -0.05) is 19.9 Å². The summed E-state index contributed by atoms with van der Waals surface area (Å²) in [6.07, 6.45) is 0. The van der Waals surface area contributed by atoms with E-state index in [0.717, 1.165) is 22.8 Å². The minimum absolute atomic E-state index is 0.267. The molecule has 0 spiro atoms. The van der Waals surface area contributed by atoms with E-state index >= 15 is 0 Å². The summed E-state index contributed by atoms with van der Waals surface area (Å²) in [6, 6.07) is 7.67. The highest BCUT2D eigenvalue weighted by atomic mass is 15.3. The summed E-state index contributed by atoms with van der Waals surface area (Å²) < 4.78 is 1.74. The number of benzene rings is 1. The van der Waals surface area contributed by atoms with Crippen LogP contribution in [0.2, 0.25) is 0 Å². The molecule has 0 aliphatic heterocycles. The highest BCUT2D eigenvalue weighted by Crippen LogP contribution is 2.31. The Bertz CT molecular complexity index is 676. The van der Waals surface area contributed by atoms with E-state index in [1.807, 2.05) is 26.1 Å². The molecular weight excluding hydrogens is 250 g/mol. The molecule has 0 bridgehead atoms. The molecule has 2 rings (SSSR count). The molecule has 0 saturated carbocycles. The van der Waals surface area contributed by atoms with Crippen LogP contribution in [-0.4, -0.2) is 9.78 Å². The number of hydrogen-bond acceptors (Lipinski definition) is 4. The van der Waals surface area contributed by atoms with Gasteiger partial charge < -0.3 is 11.1 Å². The number of rotatable bonds is 3. The molecule has 0 saturated heterocycles.